The molecule has 2 N–H and O–H groups in total. The lowest BCUT2D eigenvalue weighted by Gasteiger charge is -2.15. The van der Waals surface area contributed by atoms with Crippen molar-refractivity contribution in [2.75, 3.05) is 0 Å². The van der Waals surface area contributed by atoms with E-state index in [1.807, 2.05) is 6.07 Å². The minimum atomic E-state index is -1.12. The fourth-order valence-corrected chi connectivity index (χ4v) is 1.53. The van der Waals surface area contributed by atoms with Crippen LogP contribution in [0, 0.1) is 0 Å². The number of rotatable bonds is 3. The summed E-state index contributed by atoms with van der Waals surface area (Å²) >= 11 is 0. The number of carbonyl (C=O) groups is 1. The Morgan fingerprint density at radius 1 is 1.12 bits per heavy atom. The number of aliphatic hydroxyl groups is 2. The number of hydrogen-bond donors (Lipinski definition) is 2. The highest BCUT2D eigenvalue weighted by Gasteiger charge is 2.18. The Kier molecular flexibility index (Phi) is 3.37. The summed E-state index contributed by atoms with van der Waals surface area (Å²) in [7, 11) is 0. The summed E-state index contributed by atoms with van der Waals surface area (Å²) < 4.78 is 4.76. The first-order valence-electron chi connectivity index (χ1n) is 5.19. The molecule has 4 nitrogen and oxygen atoms in total. The van der Waals surface area contributed by atoms with Crippen LogP contribution in [0.15, 0.2) is 54.3 Å². The molecule has 2 atom stereocenters. The monoisotopic (exact) mass is 232 g/mol. The van der Waals surface area contributed by atoms with Crippen LogP contribution in [0.5, 0.6) is 0 Å². The van der Waals surface area contributed by atoms with E-state index >= 15 is 0 Å². The van der Waals surface area contributed by atoms with Crippen molar-refractivity contribution < 1.29 is 19.7 Å². The quantitative estimate of drug-likeness (QED) is 0.765. The molecule has 4 heteroatoms. The fraction of sp³-hybridized carbons (Fsp3) is 0.154. The number of aliphatic hydroxyl groups excluding tert-OH is 2. The van der Waals surface area contributed by atoms with Gasteiger partial charge in [0, 0.05) is 6.08 Å². The Morgan fingerprint density at radius 3 is 2.41 bits per heavy atom. The molecule has 1 heterocycles. The van der Waals surface area contributed by atoms with Crippen molar-refractivity contribution in [3.05, 3.63) is 59.9 Å². The molecule has 1 aromatic carbocycles. The summed E-state index contributed by atoms with van der Waals surface area (Å²) in [5.74, 6) is -0.227. The van der Waals surface area contributed by atoms with Crippen LogP contribution in [-0.4, -0.2) is 22.3 Å². The predicted octanol–water partition coefficient (Wildman–Crippen LogP) is 1.08. The molecule has 2 rings (SSSR count). The van der Waals surface area contributed by atoms with E-state index < -0.39 is 18.2 Å². The van der Waals surface area contributed by atoms with E-state index in [1.54, 1.807) is 24.3 Å². The summed E-state index contributed by atoms with van der Waals surface area (Å²) in [6, 6.07) is 8.79. The van der Waals surface area contributed by atoms with E-state index in [2.05, 4.69) is 0 Å². The minimum Gasteiger partial charge on any atom is -0.424 e. The summed E-state index contributed by atoms with van der Waals surface area (Å²) in [6.07, 6.45) is 1.84. The molecule has 0 saturated carbocycles. The first kappa shape index (κ1) is 11.6. The maximum absolute atomic E-state index is 10.8. The van der Waals surface area contributed by atoms with Crippen LogP contribution in [0.1, 0.15) is 11.7 Å². The molecule has 0 unspecified atom stereocenters. The Morgan fingerprint density at radius 2 is 1.82 bits per heavy atom. The van der Waals surface area contributed by atoms with Gasteiger partial charge in [0.1, 0.15) is 18.0 Å². The van der Waals surface area contributed by atoms with Crippen LogP contribution in [0.3, 0.4) is 0 Å². The molecule has 88 valence electrons. The highest BCUT2D eigenvalue weighted by molar-refractivity contribution is 5.86. The van der Waals surface area contributed by atoms with Gasteiger partial charge in [-0.3, -0.25) is 0 Å². The van der Waals surface area contributed by atoms with Crippen molar-refractivity contribution in [3.63, 3.8) is 0 Å². The lowest BCUT2D eigenvalue weighted by atomic mass is 10.0. The second-order valence-electron chi connectivity index (χ2n) is 3.67. The molecule has 0 bridgehead atoms. The number of esters is 1. The number of cyclic esters (lactones) is 1. The van der Waals surface area contributed by atoms with E-state index in [0.29, 0.717) is 5.56 Å². The van der Waals surface area contributed by atoms with Gasteiger partial charge in [0.25, 0.3) is 0 Å². The topological polar surface area (TPSA) is 66.8 Å². The third-order valence-corrected chi connectivity index (χ3v) is 2.40. The fourth-order valence-electron chi connectivity index (χ4n) is 1.53. The van der Waals surface area contributed by atoms with Gasteiger partial charge < -0.3 is 14.9 Å². The number of carbonyl (C=O) groups excluding carboxylic acids is 1. The molecule has 1 aromatic rings. The summed E-state index contributed by atoms with van der Waals surface area (Å²) in [5, 5.41) is 19.6. The Balaban J connectivity index is 2.08. The third-order valence-electron chi connectivity index (χ3n) is 2.40. The molecule has 1 aliphatic heterocycles. The van der Waals surface area contributed by atoms with Crippen LogP contribution in [0.2, 0.25) is 0 Å². The Labute approximate surface area is 98.5 Å². The van der Waals surface area contributed by atoms with Crippen molar-refractivity contribution >= 4 is 5.97 Å². The van der Waals surface area contributed by atoms with Gasteiger partial charge in [-0.15, -0.1) is 0 Å². The first-order valence-corrected chi connectivity index (χ1v) is 5.19. The van der Waals surface area contributed by atoms with Crippen LogP contribution in [0.25, 0.3) is 0 Å². The van der Waals surface area contributed by atoms with E-state index in [0.717, 1.165) is 0 Å². The minimum absolute atomic E-state index is 0.248. The highest BCUT2D eigenvalue weighted by Crippen LogP contribution is 2.20. The normalized spacial score (nSPS) is 20.4. The molecule has 0 spiro atoms. The van der Waals surface area contributed by atoms with Crippen molar-refractivity contribution in [3.8, 4) is 0 Å². The zero-order chi connectivity index (χ0) is 12.3. The second kappa shape index (κ2) is 4.95. The van der Waals surface area contributed by atoms with Crippen LogP contribution < -0.4 is 0 Å². The molecular formula is C13H12O4. The third kappa shape index (κ3) is 2.81. The van der Waals surface area contributed by atoms with Gasteiger partial charge in [0.05, 0.1) is 0 Å². The zero-order valence-electron chi connectivity index (χ0n) is 8.98. The molecule has 0 fully saturated rings. The molecule has 0 amide bonds. The average molecular weight is 232 g/mol. The standard InChI is InChI=1S/C13H12O4/c14-11(8-10-6-7-12(15)17-10)13(16)9-4-2-1-3-5-9/h1-8,11,13-14,16H/t11-,13+/m0/s1. The highest BCUT2D eigenvalue weighted by atomic mass is 16.5. The smallest absolute Gasteiger partial charge is 0.336 e. The van der Waals surface area contributed by atoms with Gasteiger partial charge in [-0.25, -0.2) is 4.79 Å². The SMILES string of the molecule is O=C1C=CC(=C[C@H](O)[C@H](O)c2ccccc2)O1. The Bertz CT molecular complexity index is 462. The van der Waals surface area contributed by atoms with Crippen LogP contribution in [-0.2, 0) is 9.53 Å². The molecule has 0 aliphatic carbocycles. The maximum atomic E-state index is 10.8. The van der Waals surface area contributed by atoms with Gasteiger partial charge in [0.2, 0.25) is 0 Å². The average Bonchev–Trinajstić information content (AvgIpc) is 2.75. The summed E-state index contributed by atoms with van der Waals surface area (Å²) in [4.78, 5) is 10.8. The van der Waals surface area contributed by atoms with Crippen molar-refractivity contribution in [1.82, 2.24) is 0 Å². The largest absolute Gasteiger partial charge is 0.424 e. The number of allylic oxidation sites excluding steroid dienone is 1. The molecule has 1 aliphatic rings. The van der Waals surface area contributed by atoms with Gasteiger partial charge in [-0.05, 0) is 17.7 Å². The predicted molar refractivity (Wildman–Crippen MR) is 60.7 cm³/mol. The van der Waals surface area contributed by atoms with E-state index in [9.17, 15) is 15.0 Å². The summed E-state index contributed by atoms with van der Waals surface area (Å²) in [5.41, 5.74) is 0.602. The van der Waals surface area contributed by atoms with E-state index in [-0.39, 0.29) is 5.76 Å². The van der Waals surface area contributed by atoms with E-state index in [4.69, 9.17) is 4.74 Å². The second-order valence-corrected chi connectivity index (χ2v) is 3.67. The van der Waals surface area contributed by atoms with Gasteiger partial charge in [0.15, 0.2) is 0 Å². The van der Waals surface area contributed by atoms with Crippen molar-refractivity contribution in [2.24, 2.45) is 0 Å². The molecule has 0 saturated heterocycles. The van der Waals surface area contributed by atoms with Crippen LogP contribution >= 0.6 is 0 Å². The first-order chi connectivity index (χ1) is 8.16. The van der Waals surface area contributed by atoms with Gasteiger partial charge in [-0.2, -0.15) is 0 Å². The number of benzene rings is 1. The number of hydrogen-bond acceptors (Lipinski definition) is 4. The van der Waals surface area contributed by atoms with Gasteiger partial charge >= 0.3 is 5.97 Å². The molecule has 0 aromatic heterocycles. The molecular weight excluding hydrogens is 220 g/mol. The maximum Gasteiger partial charge on any atom is 0.336 e. The van der Waals surface area contributed by atoms with Crippen molar-refractivity contribution in [2.45, 2.75) is 12.2 Å². The van der Waals surface area contributed by atoms with E-state index in [1.165, 1.54) is 18.2 Å². The van der Waals surface area contributed by atoms with Gasteiger partial charge in [-0.1, -0.05) is 30.3 Å². The van der Waals surface area contributed by atoms with Crippen LogP contribution in [0.4, 0.5) is 0 Å². The lowest BCUT2D eigenvalue weighted by Crippen LogP contribution is -2.16. The lowest BCUT2D eigenvalue weighted by molar-refractivity contribution is -0.132. The number of ether oxygens (including phenoxy) is 1. The van der Waals surface area contributed by atoms with Crippen molar-refractivity contribution in [1.29, 1.82) is 0 Å². The zero-order valence-corrected chi connectivity index (χ0v) is 8.98. The molecule has 17 heavy (non-hydrogen) atoms. The Hall–Kier alpha value is -1.91. The molecule has 0 radical (unpaired) electrons. The summed E-state index contributed by atoms with van der Waals surface area (Å²) in [6.45, 7) is 0.